The molecule has 0 aliphatic carbocycles. The minimum atomic E-state index is -0.509. The van der Waals surface area contributed by atoms with E-state index in [1.165, 1.54) is 30.9 Å². The first kappa shape index (κ1) is 18.4. The first-order valence-corrected chi connectivity index (χ1v) is 8.12. The van der Waals surface area contributed by atoms with E-state index in [1.54, 1.807) is 0 Å². The van der Waals surface area contributed by atoms with E-state index in [4.69, 9.17) is 4.74 Å². The van der Waals surface area contributed by atoms with E-state index >= 15 is 0 Å². The summed E-state index contributed by atoms with van der Waals surface area (Å²) in [7, 11) is 1.45. The van der Waals surface area contributed by atoms with Crippen LogP contribution in [0.15, 0.2) is 42.5 Å². The number of nitrogens with zero attached hydrogens (tertiary/aromatic N) is 1. The number of ether oxygens (including phenoxy) is 1. The third-order valence-corrected chi connectivity index (χ3v) is 3.96. The Bertz CT molecular complexity index is 755. The molecule has 2 aromatic carbocycles. The highest BCUT2D eigenvalue weighted by molar-refractivity contribution is 5.92. The van der Waals surface area contributed by atoms with Gasteiger partial charge in [0.05, 0.1) is 17.7 Å². The third kappa shape index (κ3) is 5.04. The van der Waals surface area contributed by atoms with Gasteiger partial charge in [-0.05, 0) is 29.5 Å². The summed E-state index contributed by atoms with van der Waals surface area (Å²) in [5.74, 6) is 0.644. The van der Waals surface area contributed by atoms with Crippen LogP contribution in [0.25, 0.3) is 0 Å². The fraction of sp³-hybridized carbons (Fsp3) is 0.316. The van der Waals surface area contributed by atoms with Gasteiger partial charge in [-0.3, -0.25) is 14.9 Å². The number of carbonyl (C=O) groups is 1. The Labute approximate surface area is 147 Å². The van der Waals surface area contributed by atoms with Gasteiger partial charge in [-0.15, -0.1) is 0 Å². The van der Waals surface area contributed by atoms with E-state index in [2.05, 4.69) is 31.3 Å². The van der Waals surface area contributed by atoms with Crippen molar-refractivity contribution in [3.8, 4) is 5.75 Å². The summed E-state index contributed by atoms with van der Waals surface area (Å²) < 4.78 is 5.14. The van der Waals surface area contributed by atoms with Crippen molar-refractivity contribution >= 4 is 17.3 Å². The van der Waals surface area contributed by atoms with E-state index in [1.807, 2.05) is 12.1 Å². The zero-order chi connectivity index (χ0) is 18.4. The molecule has 6 nitrogen and oxygen atoms in total. The van der Waals surface area contributed by atoms with Crippen molar-refractivity contribution in [3.05, 3.63) is 63.7 Å². The second-order valence-corrected chi connectivity index (χ2v) is 6.09. The molecule has 0 heterocycles. The molecule has 0 radical (unpaired) electrons. The molecule has 2 rings (SSSR count). The number of benzene rings is 2. The number of hydrogen-bond donors (Lipinski definition) is 1. The number of non-ortho nitro benzene ring substituents is 1. The summed E-state index contributed by atoms with van der Waals surface area (Å²) in [6.45, 7) is 4.27. The lowest BCUT2D eigenvalue weighted by Crippen LogP contribution is -2.13. The van der Waals surface area contributed by atoms with Crippen LogP contribution in [0.1, 0.15) is 37.3 Å². The van der Waals surface area contributed by atoms with Crippen molar-refractivity contribution in [2.75, 3.05) is 12.4 Å². The largest absolute Gasteiger partial charge is 0.495 e. The van der Waals surface area contributed by atoms with Gasteiger partial charge in [0.15, 0.2) is 0 Å². The van der Waals surface area contributed by atoms with Gasteiger partial charge >= 0.3 is 0 Å². The number of carbonyl (C=O) groups excluding carboxylic acids is 1. The Balaban J connectivity index is 2.00. The molecule has 0 aliphatic heterocycles. The maximum absolute atomic E-state index is 12.2. The van der Waals surface area contributed by atoms with Crippen molar-refractivity contribution in [3.63, 3.8) is 0 Å². The lowest BCUT2D eigenvalue weighted by Gasteiger charge is -2.10. The number of nitro benzene ring substituents is 1. The molecule has 2 aromatic rings. The molecule has 0 bridgehead atoms. The lowest BCUT2D eigenvalue weighted by molar-refractivity contribution is -0.384. The highest BCUT2D eigenvalue weighted by atomic mass is 16.6. The molecule has 0 saturated heterocycles. The minimum absolute atomic E-state index is 0.0969. The predicted molar refractivity (Wildman–Crippen MR) is 97.1 cm³/mol. The van der Waals surface area contributed by atoms with E-state index in [0.717, 1.165) is 5.56 Å². The van der Waals surface area contributed by atoms with Crippen LogP contribution in [0, 0.1) is 10.1 Å². The molecule has 0 aromatic heterocycles. The second-order valence-electron chi connectivity index (χ2n) is 6.09. The Hall–Kier alpha value is -2.89. The fourth-order valence-corrected chi connectivity index (χ4v) is 2.45. The first-order chi connectivity index (χ1) is 11.9. The van der Waals surface area contributed by atoms with Crippen LogP contribution < -0.4 is 10.1 Å². The number of rotatable bonds is 7. The molecule has 0 fully saturated rings. The molecule has 0 spiro atoms. The number of aryl methyl sites for hydroxylation is 1. The fourth-order valence-electron chi connectivity index (χ4n) is 2.45. The summed E-state index contributed by atoms with van der Waals surface area (Å²) in [5, 5.41) is 13.6. The van der Waals surface area contributed by atoms with Crippen LogP contribution in [-0.2, 0) is 11.2 Å². The Morgan fingerprint density at radius 1 is 1.20 bits per heavy atom. The van der Waals surface area contributed by atoms with Gasteiger partial charge in [-0.1, -0.05) is 38.1 Å². The summed E-state index contributed by atoms with van der Waals surface area (Å²) >= 11 is 0. The average Bonchev–Trinajstić information content (AvgIpc) is 2.60. The van der Waals surface area contributed by atoms with E-state index in [9.17, 15) is 14.9 Å². The molecule has 6 heteroatoms. The molecule has 1 amide bonds. The smallest absolute Gasteiger partial charge is 0.271 e. The van der Waals surface area contributed by atoms with Crippen LogP contribution >= 0.6 is 0 Å². The van der Waals surface area contributed by atoms with Crippen LogP contribution in [0.2, 0.25) is 0 Å². The molecule has 132 valence electrons. The van der Waals surface area contributed by atoms with Crippen molar-refractivity contribution in [1.29, 1.82) is 0 Å². The van der Waals surface area contributed by atoms with Crippen molar-refractivity contribution in [2.45, 2.75) is 32.6 Å². The van der Waals surface area contributed by atoms with Gasteiger partial charge in [0.1, 0.15) is 5.75 Å². The zero-order valence-corrected chi connectivity index (χ0v) is 14.6. The summed E-state index contributed by atoms with van der Waals surface area (Å²) in [4.78, 5) is 22.5. The predicted octanol–water partition coefficient (Wildman–Crippen LogP) is 4.30. The van der Waals surface area contributed by atoms with Gasteiger partial charge in [0.25, 0.3) is 5.69 Å². The van der Waals surface area contributed by atoms with Crippen LogP contribution in [-0.4, -0.2) is 17.9 Å². The highest BCUT2D eigenvalue weighted by Crippen LogP contribution is 2.29. The minimum Gasteiger partial charge on any atom is -0.495 e. The topological polar surface area (TPSA) is 81.5 Å². The van der Waals surface area contributed by atoms with Gasteiger partial charge < -0.3 is 10.1 Å². The van der Waals surface area contributed by atoms with Gasteiger partial charge in [0.2, 0.25) is 5.91 Å². The highest BCUT2D eigenvalue weighted by Gasteiger charge is 2.13. The van der Waals surface area contributed by atoms with Gasteiger partial charge in [0, 0.05) is 18.6 Å². The van der Waals surface area contributed by atoms with Crippen molar-refractivity contribution < 1.29 is 14.5 Å². The summed E-state index contributed by atoms with van der Waals surface area (Å²) in [6.07, 6.45) is 0.883. The molecule has 0 saturated carbocycles. The molecule has 25 heavy (non-hydrogen) atoms. The average molecular weight is 342 g/mol. The number of hydrogen-bond acceptors (Lipinski definition) is 4. The first-order valence-electron chi connectivity index (χ1n) is 8.12. The number of anilines is 1. The van der Waals surface area contributed by atoms with Gasteiger partial charge in [-0.25, -0.2) is 0 Å². The van der Waals surface area contributed by atoms with Crippen molar-refractivity contribution in [1.82, 2.24) is 0 Å². The molecule has 0 atom stereocenters. The second kappa shape index (κ2) is 8.28. The van der Waals surface area contributed by atoms with Crippen LogP contribution in [0.5, 0.6) is 5.75 Å². The standard InChI is InChI=1S/C19H22N2O4/c1-13(2)15-7-4-14(5-8-15)6-11-19(22)20-17-12-16(21(23)24)9-10-18(17)25-3/h4-5,7-10,12-13H,6,11H2,1-3H3,(H,20,22). The maximum atomic E-state index is 12.2. The maximum Gasteiger partial charge on any atom is 0.271 e. The number of nitro groups is 1. The Morgan fingerprint density at radius 3 is 2.44 bits per heavy atom. The zero-order valence-electron chi connectivity index (χ0n) is 14.6. The van der Waals surface area contributed by atoms with Crippen LogP contribution in [0.3, 0.4) is 0 Å². The van der Waals surface area contributed by atoms with E-state index < -0.39 is 4.92 Å². The quantitative estimate of drug-likeness (QED) is 0.601. The van der Waals surface area contributed by atoms with Crippen LogP contribution in [0.4, 0.5) is 11.4 Å². The summed E-state index contributed by atoms with van der Waals surface area (Å²) in [6, 6.07) is 12.3. The number of methoxy groups -OCH3 is 1. The number of amides is 1. The molecule has 0 aliphatic rings. The Kier molecular flexibility index (Phi) is 6.11. The molecular weight excluding hydrogens is 320 g/mol. The number of nitrogens with one attached hydrogen (secondary N) is 1. The van der Waals surface area contributed by atoms with Gasteiger partial charge in [-0.2, -0.15) is 0 Å². The molecule has 0 unspecified atom stereocenters. The molecular formula is C19H22N2O4. The third-order valence-electron chi connectivity index (χ3n) is 3.96. The van der Waals surface area contributed by atoms with Crippen molar-refractivity contribution in [2.24, 2.45) is 0 Å². The SMILES string of the molecule is COc1ccc([N+](=O)[O-])cc1NC(=O)CCc1ccc(C(C)C)cc1. The monoisotopic (exact) mass is 342 g/mol. The normalized spacial score (nSPS) is 10.6. The van der Waals surface area contributed by atoms with E-state index in [-0.39, 0.29) is 18.0 Å². The Morgan fingerprint density at radius 2 is 1.88 bits per heavy atom. The molecule has 1 N–H and O–H groups in total. The summed E-state index contributed by atoms with van der Waals surface area (Å²) in [5.41, 5.74) is 2.54. The van der Waals surface area contributed by atoms with E-state index in [0.29, 0.717) is 23.8 Å². The lowest BCUT2D eigenvalue weighted by atomic mass is 10.0.